The van der Waals surface area contributed by atoms with Crippen LogP contribution in [0.3, 0.4) is 0 Å². The first kappa shape index (κ1) is 20.2. The Morgan fingerprint density at radius 1 is 1.12 bits per heavy atom. The van der Waals surface area contributed by atoms with E-state index in [1.54, 1.807) is 31.3 Å². The molecule has 0 amide bonds. The van der Waals surface area contributed by atoms with Gasteiger partial charge in [0.1, 0.15) is 23.1 Å². The van der Waals surface area contributed by atoms with Gasteiger partial charge >= 0.3 is 0 Å². The molecule has 160 valence electrons. The van der Waals surface area contributed by atoms with Crippen LogP contribution in [0.2, 0.25) is 0 Å². The fourth-order valence-corrected chi connectivity index (χ4v) is 3.50. The van der Waals surface area contributed by atoms with Crippen LogP contribution in [0.25, 0.3) is 28.3 Å². The fraction of sp³-hybridized carbons (Fsp3) is 0.0400. The van der Waals surface area contributed by atoms with Crippen LogP contribution < -0.4 is 10.3 Å². The standard InChI is InChI=1S/C25H16FN5O2/c1-15-7-6-12-31-23(15)30-24(33-21-11-5-2-8-18(21)26)17(25(31)32)13-16(14-27)22-28-19-9-3-4-10-20(19)29-22/h2-13H,1H3,(H,28,29)/b16-13+. The number of nitrogens with one attached hydrogen (secondary N) is 1. The number of aromatic nitrogens is 4. The van der Waals surface area contributed by atoms with Gasteiger partial charge in [-0.05, 0) is 48.9 Å². The average Bonchev–Trinajstić information content (AvgIpc) is 3.25. The summed E-state index contributed by atoms with van der Waals surface area (Å²) in [6.45, 7) is 1.80. The van der Waals surface area contributed by atoms with E-state index in [9.17, 15) is 14.4 Å². The van der Waals surface area contributed by atoms with E-state index in [0.29, 0.717) is 17.0 Å². The van der Waals surface area contributed by atoms with Gasteiger partial charge in [0.2, 0.25) is 5.88 Å². The zero-order chi connectivity index (χ0) is 22.9. The molecule has 0 spiro atoms. The lowest BCUT2D eigenvalue weighted by molar-refractivity contribution is 0.426. The summed E-state index contributed by atoms with van der Waals surface area (Å²) < 4.78 is 21.4. The maximum absolute atomic E-state index is 14.3. The summed E-state index contributed by atoms with van der Waals surface area (Å²) in [6, 6.07) is 18.8. The molecule has 0 aliphatic heterocycles. The minimum absolute atomic E-state index is 0.00152. The van der Waals surface area contributed by atoms with Crippen LogP contribution in [0.15, 0.2) is 71.7 Å². The van der Waals surface area contributed by atoms with Crippen molar-refractivity contribution < 1.29 is 9.13 Å². The van der Waals surface area contributed by atoms with E-state index in [2.05, 4.69) is 21.0 Å². The first-order chi connectivity index (χ1) is 16.0. The summed E-state index contributed by atoms with van der Waals surface area (Å²) >= 11 is 0. The molecule has 33 heavy (non-hydrogen) atoms. The van der Waals surface area contributed by atoms with E-state index in [0.717, 1.165) is 11.1 Å². The topological polar surface area (TPSA) is 96.1 Å². The minimum Gasteiger partial charge on any atom is -0.435 e. The summed E-state index contributed by atoms with van der Waals surface area (Å²) in [7, 11) is 0. The number of ether oxygens (including phenoxy) is 1. The summed E-state index contributed by atoms with van der Waals surface area (Å²) in [6.07, 6.45) is 2.94. The van der Waals surface area contributed by atoms with Crippen LogP contribution in [-0.2, 0) is 0 Å². The summed E-state index contributed by atoms with van der Waals surface area (Å²) in [5, 5.41) is 9.83. The second-order valence-corrected chi connectivity index (χ2v) is 7.33. The van der Waals surface area contributed by atoms with Crippen molar-refractivity contribution in [3.05, 3.63) is 100.0 Å². The number of imidazole rings is 1. The number of hydrogen-bond donors (Lipinski definition) is 1. The monoisotopic (exact) mass is 437 g/mol. The predicted molar refractivity (Wildman–Crippen MR) is 122 cm³/mol. The van der Waals surface area contributed by atoms with Gasteiger partial charge in [-0.1, -0.05) is 30.3 Å². The molecule has 0 saturated carbocycles. The van der Waals surface area contributed by atoms with E-state index in [1.807, 2.05) is 24.3 Å². The molecule has 0 aliphatic carbocycles. The van der Waals surface area contributed by atoms with Gasteiger partial charge in [-0.3, -0.25) is 9.20 Å². The Labute approximate surface area is 187 Å². The second kappa shape index (κ2) is 8.05. The molecule has 3 aromatic heterocycles. The van der Waals surface area contributed by atoms with Gasteiger partial charge < -0.3 is 9.72 Å². The predicted octanol–water partition coefficient (Wildman–Crippen LogP) is 4.87. The Kier molecular flexibility index (Phi) is 4.92. The van der Waals surface area contributed by atoms with Crippen molar-refractivity contribution in [1.82, 2.24) is 19.4 Å². The highest BCUT2D eigenvalue weighted by molar-refractivity contribution is 5.91. The van der Waals surface area contributed by atoms with Gasteiger partial charge in [0.15, 0.2) is 11.6 Å². The van der Waals surface area contributed by atoms with Crippen molar-refractivity contribution in [3.8, 4) is 17.7 Å². The number of rotatable bonds is 4. The minimum atomic E-state index is -0.600. The third-order valence-corrected chi connectivity index (χ3v) is 5.15. The second-order valence-electron chi connectivity index (χ2n) is 7.33. The van der Waals surface area contributed by atoms with Gasteiger partial charge in [-0.15, -0.1) is 0 Å². The number of pyridine rings is 1. The van der Waals surface area contributed by atoms with Gasteiger partial charge in [-0.25, -0.2) is 9.37 Å². The number of nitriles is 1. The smallest absolute Gasteiger partial charge is 0.269 e. The highest BCUT2D eigenvalue weighted by Crippen LogP contribution is 2.28. The molecule has 0 unspecified atom stereocenters. The number of para-hydroxylation sites is 3. The lowest BCUT2D eigenvalue weighted by atomic mass is 10.1. The maximum Gasteiger partial charge on any atom is 0.269 e. The molecular weight excluding hydrogens is 421 g/mol. The van der Waals surface area contributed by atoms with Crippen molar-refractivity contribution in [1.29, 1.82) is 5.26 Å². The average molecular weight is 437 g/mol. The van der Waals surface area contributed by atoms with Gasteiger partial charge in [0.05, 0.1) is 16.6 Å². The molecule has 0 aliphatic rings. The molecule has 0 fully saturated rings. The van der Waals surface area contributed by atoms with Crippen LogP contribution in [0, 0.1) is 24.1 Å². The summed E-state index contributed by atoms with van der Waals surface area (Å²) in [4.78, 5) is 25.4. The number of benzene rings is 2. The fourth-order valence-electron chi connectivity index (χ4n) is 3.50. The lowest BCUT2D eigenvalue weighted by Crippen LogP contribution is -2.19. The van der Waals surface area contributed by atoms with Gasteiger partial charge in [0, 0.05) is 6.20 Å². The molecule has 0 radical (unpaired) electrons. The normalized spacial score (nSPS) is 11.6. The number of halogens is 1. The highest BCUT2D eigenvalue weighted by Gasteiger charge is 2.18. The maximum atomic E-state index is 14.3. The Morgan fingerprint density at radius 2 is 1.91 bits per heavy atom. The zero-order valence-electron chi connectivity index (χ0n) is 17.4. The first-order valence-electron chi connectivity index (χ1n) is 10.1. The van der Waals surface area contributed by atoms with Gasteiger partial charge in [-0.2, -0.15) is 10.2 Å². The molecule has 0 bridgehead atoms. The molecule has 2 aromatic carbocycles. The van der Waals surface area contributed by atoms with E-state index in [4.69, 9.17) is 4.74 Å². The zero-order valence-corrected chi connectivity index (χ0v) is 17.4. The molecule has 8 heteroatoms. The quantitative estimate of drug-likeness (QED) is 0.405. The summed E-state index contributed by atoms with van der Waals surface area (Å²) in [5.74, 6) is -0.497. The number of nitrogens with zero attached hydrogens (tertiary/aromatic N) is 4. The third-order valence-electron chi connectivity index (χ3n) is 5.15. The molecule has 3 heterocycles. The van der Waals surface area contributed by atoms with E-state index < -0.39 is 11.4 Å². The lowest BCUT2D eigenvalue weighted by Gasteiger charge is -2.11. The number of H-pyrrole nitrogens is 1. The number of aryl methyl sites for hydroxylation is 1. The van der Waals surface area contributed by atoms with Crippen LogP contribution in [0.5, 0.6) is 11.6 Å². The molecule has 5 aromatic rings. The molecule has 0 saturated heterocycles. The number of fused-ring (bicyclic) bond motifs is 2. The van der Waals surface area contributed by atoms with Crippen molar-refractivity contribution >= 4 is 28.3 Å². The largest absolute Gasteiger partial charge is 0.435 e. The molecule has 7 nitrogen and oxygen atoms in total. The Bertz CT molecular complexity index is 1630. The molecule has 1 N–H and O–H groups in total. The SMILES string of the molecule is Cc1cccn2c(=O)c(/C=C(\C#N)c3nc4ccccc4[nH]3)c(Oc3ccccc3F)nc12. The molecular formula is C25H16FN5O2. The molecule has 0 atom stereocenters. The van der Waals surface area contributed by atoms with Crippen molar-refractivity contribution in [2.75, 3.05) is 0 Å². The number of allylic oxidation sites excluding steroid dienone is 1. The van der Waals surface area contributed by atoms with Crippen molar-refractivity contribution in [2.45, 2.75) is 6.92 Å². The highest BCUT2D eigenvalue weighted by atomic mass is 19.1. The van der Waals surface area contributed by atoms with E-state index in [1.165, 1.54) is 28.7 Å². The van der Waals surface area contributed by atoms with Crippen LogP contribution >= 0.6 is 0 Å². The molecule has 5 rings (SSSR count). The van der Waals surface area contributed by atoms with E-state index >= 15 is 0 Å². The Balaban J connectivity index is 1.74. The number of aromatic amines is 1. The van der Waals surface area contributed by atoms with Crippen molar-refractivity contribution in [3.63, 3.8) is 0 Å². The first-order valence-corrected chi connectivity index (χ1v) is 10.1. The summed E-state index contributed by atoms with van der Waals surface area (Å²) in [5.41, 5.74) is 2.18. The van der Waals surface area contributed by atoms with Gasteiger partial charge in [0.25, 0.3) is 5.56 Å². The Morgan fingerprint density at radius 3 is 2.70 bits per heavy atom. The van der Waals surface area contributed by atoms with E-state index in [-0.39, 0.29) is 22.8 Å². The number of hydrogen-bond acceptors (Lipinski definition) is 5. The van der Waals surface area contributed by atoms with Crippen LogP contribution in [-0.4, -0.2) is 19.4 Å². The van der Waals surface area contributed by atoms with Crippen molar-refractivity contribution in [2.24, 2.45) is 0 Å². The van der Waals surface area contributed by atoms with Crippen LogP contribution in [0.4, 0.5) is 4.39 Å². The Hall–Kier alpha value is -4.77. The third kappa shape index (κ3) is 3.62. The van der Waals surface area contributed by atoms with Crippen LogP contribution in [0.1, 0.15) is 17.0 Å².